The van der Waals surface area contributed by atoms with Gasteiger partial charge in [0.05, 0.1) is 34.6 Å². The number of hydrogen-bond acceptors (Lipinski definition) is 10. The average Bonchev–Trinajstić information content (AvgIpc) is 3.51. The quantitative estimate of drug-likeness (QED) is 0.314. The lowest BCUT2D eigenvalue weighted by atomic mass is 9.95. The van der Waals surface area contributed by atoms with Crippen molar-refractivity contribution in [3.05, 3.63) is 66.3 Å². The van der Waals surface area contributed by atoms with Crippen molar-refractivity contribution in [2.45, 2.75) is 49.2 Å². The predicted molar refractivity (Wildman–Crippen MR) is 148 cm³/mol. The summed E-state index contributed by atoms with van der Waals surface area (Å²) in [6.45, 7) is -1.49. The summed E-state index contributed by atoms with van der Waals surface area (Å²) >= 11 is 0. The number of likely N-dealkylation sites (tertiary alicyclic amines) is 1. The van der Waals surface area contributed by atoms with Crippen LogP contribution in [-0.2, 0) is 15.7 Å². The lowest BCUT2D eigenvalue weighted by Gasteiger charge is -2.37. The molecule has 4 N–H and O–H groups in total. The normalized spacial score (nSPS) is 23.4. The number of dihydropyridines is 1. The molecule has 0 amide bonds. The van der Waals surface area contributed by atoms with Crippen molar-refractivity contribution in [1.82, 2.24) is 44.5 Å². The summed E-state index contributed by atoms with van der Waals surface area (Å²) in [6, 6.07) is 3.08. The summed E-state index contributed by atoms with van der Waals surface area (Å²) in [5, 5.41) is 14.2. The van der Waals surface area contributed by atoms with Crippen LogP contribution in [0.15, 0.2) is 54.9 Å². The van der Waals surface area contributed by atoms with Crippen LogP contribution < -0.4 is 16.4 Å². The number of halogens is 3. The van der Waals surface area contributed by atoms with E-state index in [2.05, 4.69) is 30.8 Å². The van der Waals surface area contributed by atoms with Crippen LogP contribution in [0.25, 0.3) is 17.0 Å². The highest BCUT2D eigenvalue weighted by atomic mass is 32.2. The first kappa shape index (κ1) is 28.4. The molecule has 0 spiro atoms. The number of hydrogen-bond donors (Lipinski definition) is 3. The smallest absolute Gasteiger partial charge is 0.333 e. The lowest BCUT2D eigenvalue weighted by molar-refractivity contribution is 0.0565. The molecule has 12 nitrogen and oxygen atoms in total. The fourth-order valence-electron chi connectivity index (χ4n) is 5.21. The van der Waals surface area contributed by atoms with E-state index in [1.807, 2.05) is 4.90 Å². The van der Waals surface area contributed by atoms with E-state index in [9.17, 15) is 21.6 Å². The van der Waals surface area contributed by atoms with Gasteiger partial charge >= 0.3 is 6.55 Å². The van der Waals surface area contributed by atoms with Crippen LogP contribution in [0.2, 0.25) is 0 Å². The monoisotopic (exact) mass is 604 g/mol. The zero-order valence-corrected chi connectivity index (χ0v) is 23.4. The van der Waals surface area contributed by atoms with Crippen LogP contribution >= 0.6 is 0 Å². The third-order valence-corrected chi connectivity index (χ3v) is 9.61. The third-order valence-electron chi connectivity index (χ3n) is 7.57. The highest BCUT2D eigenvalue weighted by molar-refractivity contribution is 7.90. The molecule has 3 aliphatic rings. The molecule has 2 unspecified atom stereocenters. The zero-order valence-electron chi connectivity index (χ0n) is 22.6. The SMILES string of the molecule is NC1(c2ccnc(-c3cnn(S(=O)(=O)C4CC4)c3)n2)C=C(NC2CCCN(CCF)C2)C(c2ccn(C(F)F)n2)=CN1. The van der Waals surface area contributed by atoms with E-state index in [1.54, 1.807) is 18.3 Å². The summed E-state index contributed by atoms with van der Waals surface area (Å²) < 4.78 is 66.3. The number of aromatic nitrogens is 6. The van der Waals surface area contributed by atoms with Crippen molar-refractivity contribution < 1.29 is 21.6 Å². The van der Waals surface area contributed by atoms with E-state index in [0.717, 1.165) is 23.5 Å². The van der Waals surface area contributed by atoms with Crippen molar-refractivity contribution >= 4 is 15.6 Å². The molecule has 3 aromatic rings. The number of alkyl halides is 3. The summed E-state index contributed by atoms with van der Waals surface area (Å²) in [5.41, 5.74) is 7.67. The van der Waals surface area contributed by atoms with Crippen LogP contribution in [0, 0.1) is 0 Å². The fraction of sp³-hybridized carbons (Fsp3) is 0.462. The molecule has 3 aromatic heterocycles. The van der Waals surface area contributed by atoms with E-state index in [-0.39, 0.29) is 11.9 Å². The Balaban J connectivity index is 1.31. The molecule has 1 saturated carbocycles. The number of piperidine rings is 1. The second kappa shape index (κ2) is 11.1. The van der Waals surface area contributed by atoms with Crippen molar-refractivity contribution in [2.24, 2.45) is 5.73 Å². The van der Waals surface area contributed by atoms with E-state index in [0.29, 0.717) is 58.8 Å². The number of nitrogens with zero attached hydrogens (tertiary/aromatic N) is 7. The second-order valence-electron chi connectivity index (χ2n) is 10.7. The van der Waals surface area contributed by atoms with Crippen LogP contribution in [0.5, 0.6) is 0 Å². The van der Waals surface area contributed by atoms with Gasteiger partial charge in [-0.25, -0.2) is 27.5 Å². The van der Waals surface area contributed by atoms with Gasteiger partial charge in [0.1, 0.15) is 6.67 Å². The molecule has 6 rings (SSSR count). The van der Waals surface area contributed by atoms with Crippen molar-refractivity contribution in [3.8, 4) is 11.4 Å². The molecular weight excluding hydrogens is 573 g/mol. The van der Waals surface area contributed by atoms with Crippen LogP contribution in [-0.4, -0.2) is 79.9 Å². The lowest BCUT2D eigenvalue weighted by Crippen LogP contribution is -2.51. The second-order valence-corrected chi connectivity index (χ2v) is 12.7. The molecule has 2 fully saturated rings. The van der Waals surface area contributed by atoms with Gasteiger partial charge in [-0.15, -0.1) is 0 Å². The number of rotatable bonds is 10. The molecule has 1 saturated heterocycles. The first-order valence-corrected chi connectivity index (χ1v) is 15.2. The molecule has 42 heavy (non-hydrogen) atoms. The highest BCUT2D eigenvalue weighted by Gasteiger charge is 2.38. The summed E-state index contributed by atoms with van der Waals surface area (Å²) in [5.74, 6) is 0.235. The highest BCUT2D eigenvalue weighted by Crippen LogP contribution is 2.32. The predicted octanol–water partition coefficient (Wildman–Crippen LogP) is 1.94. The summed E-state index contributed by atoms with van der Waals surface area (Å²) in [7, 11) is -3.55. The molecule has 1 aliphatic carbocycles. The first-order valence-electron chi connectivity index (χ1n) is 13.7. The molecular formula is C26H31F3N10O2S. The first-order chi connectivity index (χ1) is 20.2. The zero-order chi connectivity index (χ0) is 29.5. The van der Waals surface area contributed by atoms with E-state index < -0.39 is 34.2 Å². The van der Waals surface area contributed by atoms with Gasteiger partial charge in [-0.05, 0) is 50.4 Å². The van der Waals surface area contributed by atoms with Crippen molar-refractivity contribution in [3.63, 3.8) is 0 Å². The fourth-order valence-corrected chi connectivity index (χ4v) is 6.68. The number of nitrogens with one attached hydrogen (secondary N) is 2. The molecule has 5 heterocycles. The van der Waals surface area contributed by atoms with Gasteiger partial charge in [-0.2, -0.15) is 23.1 Å². The summed E-state index contributed by atoms with van der Waals surface area (Å²) in [6.07, 6.45) is 11.7. The van der Waals surface area contributed by atoms with Gasteiger partial charge in [0.15, 0.2) is 11.5 Å². The van der Waals surface area contributed by atoms with Gasteiger partial charge in [-0.1, -0.05) is 0 Å². The molecule has 16 heteroatoms. The minimum absolute atomic E-state index is 0.0419. The van der Waals surface area contributed by atoms with Gasteiger partial charge < -0.3 is 16.4 Å². The number of nitrogens with two attached hydrogens (primary N) is 1. The van der Waals surface area contributed by atoms with E-state index in [1.165, 1.54) is 30.9 Å². The Morgan fingerprint density at radius 2 is 2.07 bits per heavy atom. The Labute approximate surface area is 240 Å². The maximum atomic E-state index is 13.3. The average molecular weight is 605 g/mol. The summed E-state index contributed by atoms with van der Waals surface area (Å²) in [4.78, 5) is 11.0. The maximum Gasteiger partial charge on any atom is 0.333 e. The third kappa shape index (κ3) is 5.65. The molecule has 0 bridgehead atoms. The Hall–Kier alpha value is -3.76. The van der Waals surface area contributed by atoms with Crippen LogP contribution in [0.3, 0.4) is 0 Å². The topological polar surface area (TPSA) is 149 Å². The Bertz CT molecular complexity index is 1620. The van der Waals surface area contributed by atoms with Gasteiger partial charge in [0.25, 0.3) is 10.0 Å². The number of allylic oxidation sites excluding steroid dienone is 1. The standard InChI is InChI=1S/C26H31F3N10O2S/c27-7-11-37-9-1-2-18(16-37)34-22-12-26(30,32-14-20(22)21-6-10-38(36-21)25(28)29)23-5-8-31-24(35-23)17-13-33-39(15-17)42(40,41)19-3-4-19/h5-6,8,10,12-15,18-19,25,32,34H,1-4,7,9,11,16,30H2. The maximum absolute atomic E-state index is 13.3. The van der Waals surface area contributed by atoms with Crippen LogP contribution in [0.4, 0.5) is 13.2 Å². The van der Waals surface area contributed by atoms with Gasteiger partial charge in [0.2, 0.25) is 0 Å². The van der Waals surface area contributed by atoms with Crippen LogP contribution in [0.1, 0.15) is 43.6 Å². The largest absolute Gasteiger partial charge is 0.381 e. The molecule has 0 aromatic carbocycles. The van der Waals surface area contributed by atoms with Gasteiger partial charge in [-0.3, -0.25) is 4.90 Å². The van der Waals surface area contributed by atoms with Crippen molar-refractivity contribution in [2.75, 3.05) is 26.3 Å². The minimum atomic E-state index is -3.55. The molecule has 2 aliphatic heterocycles. The van der Waals surface area contributed by atoms with E-state index >= 15 is 0 Å². The Morgan fingerprint density at radius 1 is 1.24 bits per heavy atom. The molecule has 2 atom stereocenters. The Morgan fingerprint density at radius 3 is 2.81 bits per heavy atom. The minimum Gasteiger partial charge on any atom is -0.381 e. The molecule has 0 radical (unpaired) electrons. The Kier molecular flexibility index (Phi) is 7.53. The van der Waals surface area contributed by atoms with Crippen molar-refractivity contribution in [1.29, 1.82) is 0 Å². The molecule has 224 valence electrons. The van der Waals surface area contributed by atoms with E-state index in [4.69, 9.17) is 5.73 Å². The van der Waals surface area contributed by atoms with Gasteiger partial charge in [0, 0.05) is 49.0 Å².